The standard InChI is InChI=1S/6CN.Fe.K/c6*1-2;;/q6*-1;+6;. The van der Waals surface area contributed by atoms with Crippen molar-refractivity contribution in [1.82, 2.24) is 0 Å². The molecule has 0 spiro atoms. The fraction of sp³-hybridized carbons (Fsp3) is 0. The van der Waals surface area contributed by atoms with Crippen molar-refractivity contribution in [1.29, 1.82) is 31.6 Å². The molecular formula is C6FeKN6. The van der Waals surface area contributed by atoms with E-state index in [0.29, 0.717) is 0 Å². The molecule has 0 bridgehead atoms. The molecule has 8 heteroatoms. The number of rotatable bonds is 0. The van der Waals surface area contributed by atoms with Gasteiger partial charge in [0.25, 0.3) is 0 Å². The third kappa shape index (κ3) is 1380. The predicted octanol–water partition coefficient (Wildman–Crippen LogP) is 0.195. The number of hydrogen-bond donors (Lipinski definition) is 0. The van der Waals surface area contributed by atoms with Gasteiger partial charge in [0.05, 0.1) is 0 Å². The quantitative estimate of drug-likeness (QED) is 0.444. The molecule has 0 aromatic heterocycles. The van der Waals surface area contributed by atoms with Crippen LogP contribution in [-0.4, -0.2) is 51.4 Å². The van der Waals surface area contributed by atoms with Gasteiger partial charge < -0.3 is 71.0 Å². The van der Waals surface area contributed by atoms with Crippen LogP contribution in [0.15, 0.2) is 0 Å². The van der Waals surface area contributed by atoms with Gasteiger partial charge in [-0.15, -0.1) is 0 Å². The predicted molar refractivity (Wildman–Crippen MR) is 35.6 cm³/mol. The van der Waals surface area contributed by atoms with E-state index in [0.717, 1.165) is 0 Å². The zero-order valence-corrected chi connectivity index (χ0v) is 11.3. The summed E-state index contributed by atoms with van der Waals surface area (Å²) in [6.45, 7) is 28.5. The van der Waals surface area contributed by atoms with Crippen LogP contribution >= 0.6 is 0 Å². The maximum absolute atomic E-state index is 6.25. The molecule has 0 unspecified atom stereocenters. The summed E-state index contributed by atoms with van der Waals surface area (Å²) in [4.78, 5) is 0. The summed E-state index contributed by atoms with van der Waals surface area (Å²) < 4.78 is 0. The molecule has 0 aromatic carbocycles. The third-order valence-corrected chi connectivity index (χ3v) is 0. The molecule has 0 aliphatic rings. The van der Waals surface area contributed by atoms with Crippen LogP contribution < -0.4 is 0 Å². The van der Waals surface area contributed by atoms with E-state index >= 15 is 0 Å². The molecule has 0 aliphatic heterocycles. The van der Waals surface area contributed by atoms with Gasteiger partial charge >= 0.3 is 17.1 Å². The van der Waals surface area contributed by atoms with E-state index in [1.807, 2.05) is 0 Å². The van der Waals surface area contributed by atoms with E-state index in [2.05, 4.69) is 0 Å². The molecule has 0 saturated carbocycles. The molecule has 0 saturated heterocycles. The first-order valence-corrected chi connectivity index (χ1v) is 1.34. The molecule has 0 rings (SSSR count). The van der Waals surface area contributed by atoms with Crippen LogP contribution in [0.3, 0.4) is 0 Å². The van der Waals surface area contributed by atoms with Crippen molar-refractivity contribution in [3.8, 4) is 0 Å². The summed E-state index contributed by atoms with van der Waals surface area (Å²) in [7, 11) is 0. The van der Waals surface area contributed by atoms with Crippen molar-refractivity contribution in [2.75, 3.05) is 0 Å². The molecule has 14 heavy (non-hydrogen) atoms. The minimum absolute atomic E-state index is 0. The monoisotopic (exact) mass is 251 g/mol. The Kier molecular flexibility index (Phi) is 9600. The minimum atomic E-state index is 0. The molecular weight excluding hydrogens is 251 g/mol. The first-order valence-electron chi connectivity index (χ1n) is 1.34. The Balaban J connectivity index is -0.00000000500. The van der Waals surface area contributed by atoms with Gasteiger partial charge in [-0.05, 0) is 0 Å². The molecule has 6 nitrogen and oxygen atoms in total. The fourth-order valence-corrected chi connectivity index (χ4v) is 0. The van der Waals surface area contributed by atoms with Crippen LogP contribution in [-0.2, 0) is 17.1 Å². The van der Waals surface area contributed by atoms with Crippen LogP contribution in [0.4, 0.5) is 0 Å². The summed E-state index contributed by atoms with van der Waals surface area (Å²) in [6.07, 6.45) is 0. The second kappa shape index (κ2) is 1820. The van der Waals surface area contributed by atoms with Crippen molar-refractivity contribution >= 4 is 51.4 Å². The van der Waals surface area contributed by atoms with Crippen LogP contribution in [0.2, 0.25) is 0 Å². The van der Waals surface area contributed by atoms with Gasteiger partial charge in [-0.25, -0.2) is 0 Å². The van der Waals surface area contributed by atoms with Crippen molar-refractivity contribution < 1.29 is 17.1 Å². The minimum Gasteiger partial charge on any atom is -0.512 e. The van der Waals surface area contributed by atoms with Crippen LogP contribution in [0.5, 0.6) is 0 Å². The van der Waals surface area contributed by atoms with E-state index in [4.69, 9.17) is 71.0 Å². The van der Waals surface area contributed by atoms with E-state index in [1.165, 1.54) is 0 Å². The summed E-state index contributed by atoms with van der Waals surface area (Å²) in [5.74, 6) is 0. The van der Waals surface area contributed by atoms with Crippen LogP contribution in [0.25, 0.3) is 0 Å². The maximum Gasteiger partial charge on any atom is 6.00 e. The normalized spacial score (nSPS) is 0.857. The first kappa shape index (κ1) is 73.8. The molecule has 0 aliphatic carbocycles. The summed E-state index contributed by atoms with van der Waals surface area (Å²) >= 11 is 0. The SMILES string of the molecule is [C-]#N.[C-]#N.[C-]#N.[C-]#N.[C-]#N.[C-]#N.[Fe+6].[K]. The topological polar surface area (TPSA) is 143 Å². The second-order valence-electron chi connectivity index (χ2n) is 0. The number of hydrogen-bond acceptors (Lipinski definition) is 6. The third-order valence-electron chi connectivity index (χ3n) is 0. The van der Waals surface area contributed by atoms with E-state index < -0.39 is 0 Å². The van der Waals surface area contributed by atoms with Crippen LogP contribution in [0.1, 0.15) is 0 Å². The van der Waals surface area contributed by atoms with E-state index in [9.17, 15) is 0 Å². The zero-order chi connectivity index (χ0) is 12.0. The van der Waals surface area contributed by atoms with Gasteiger partial charge in [0, 0.05) is 51.4 Å². The fourth-order valence-electron chi connectivity index (χ4n) is 0. The maximum atomic E-state index is 6.25. The molecule has 63 valence electrons. The molecule has 0 heterocycles. The van der Waals surface area contributed by atoms with Gasteiger partial charge in [-0.1, -0.05) is 0 Å². The molecule has 0 N–H and O–H groups in total. The van der Waals surface area contributed by atoms with Gasteiger partial charge in [-0.3, -0.25) is 0 Å². The van der Waals surface area contributed by atoms with Crippen molar-refractivity contribution in [2.24, 2.45) is 0 Å². The van der Waals surface area contributed by atoms with Crippen molar-refractivity contribution in [3.05, 3.63) is 39.4 Å². The Bertz CT molecular complexity index is 97.3. The largest absolute Gasteiger partial charge is 6.00 e. The van der Waals surface area contributed by atoms with Gasteiger partial charge in [-0.2, -0.15) is 0 Å². The van der Waals surface area contributed by atoms with Crippen molar-refractivity contribution in [2.45, 2.75) is 0 Å². The summed E-state index contributed by atoms with van der Waals surface area (Å²) in [6, 6.07) is 0. The van der Waals surface area contributed by atoms with E-state index in [1.54, 1.807) is 0 Å². The smallest absolute Gasteiger partial charge is 0.512 e. The van der Waals surface area contributed by atoms with Gasteiger partial charge in [0.15, 0.2) is 0 Å². The zero-order valence-electron chi connectivity index (χ0n) is 7.04. The second-order valence-corrected chi connectivity index (χ2v) is 0. The average molecular weight is 251 g/mol. The van der Waals surface area contributed by atoms with Gasteiger partial charge in [0.1, 0.15) is 0 Å². The molecule has 0 amide bonds. The van der Waals surface area contributed by atoms with Crippen molar-refractivity contribution in [3.63, 3.8) is 0 Å². The Morgan fingerprint density at radius 3 is 0.357 bits per heavy atom. The average Bonchev–Trinajstić information content (AvgIpc) is 2.33. The molecule has 0 atom stereocenters. The molecule has 1 radical (unpaired) electrons. The number of nitrogens with zero attached hydrogens (tertiary/aromatic N) is 6. The summed E-state index contributed by atoms with van der Waals surface area (Å²) in [5.41, 5.74) is 0. The first-order chi connectivity index (χ1) is 6.00. The summed E-state index contributed by atoms with van der Waals surface area (Å²) in [5, 5.41) is 37.5. The van der Waals surface area contributed by atoms with E-state index in [-0.39, 0.29) is 68.5 Å². The Labute approximate surface area is 137 Å². The molecule has 0 aromatic rings. The Hall–Kier alpha value is -0.904. The van der Waals surface area contributed by atoms with Gasteiger partial charge in [0.2, 0.25) is 0 Å². The van der Waals surface area contributed by atoms with Crippen LogP contribution in [0, 0.1) is 71.0 Å². The Morgan fingerprint density at radius 1 is 0.357 bits per heavy atom. The Morgan fingerprint density at radius 2 is 0.357 bits per heavy atom. The molecule has 0 fully saturated rings.